The minimum atomic E-state index is -0.625. The van der Waals surface area contributed by atoms with Gasteiger partial charge in [-0.25, -0.2) is 8.78 Å². The quantitative estimate of drug-likeness (QED) is 0.765. The van der Waals surface area contributed by atoms with Crippen LogP contribution in [0.1, 0.15) is 25.3 Å². The van der Waals surface area contributed by atoms with E-state index in [9.17, 15) is 8.78 Å². The van der Waals surface area contributed by atoms with Crippen molar-refractivity contribution in [3.8, 4) is 0 Å². The van der Waals surface area contributed by atoms with Crippen molar-refractivity contribution in [3.63, 3.8) is 0 Å². The maximum absolute atomic E-state index is 14.0. The second kappa shape index (κ2) is 8.09. The van der Waals surface area contributed by atoms with Gasteiger partial charge in [0.1, 0.15) is 11.6 Å². The van der Waals surface area contributed by atoms with Gasteiger partial charge in [-0.15, -0.1) is 0 Å². The summed E-state index contributed by atoms with van der Waals surface area (Å²) >= 11 is 5.78. The lowest BCUT2D eigenvalue weighted by Gasteiger charge is -2.41. The van der Waals surface area contributed by atoms with E-state index in [4.69, 9.17) is 16.3 Å². The molecule has 1 aromatic carbocycles. The van der Waals surface area contributed by atoms with E-state index in [2.05, 4.69) is 16.7 Å². The number of halogens is 3. The van der Waals surface area contributed by atoms with Crippen LogP contribution in [0.5, 0.6) is 0 Å². The molecule has 2 heterocycles. The van der Waals surface area contributed by atoms with Crippen LogP contribution in [0, 0.1) is 17.6 Å². The van der Waals surface area contributed by atoms with Gasteiger partial charge >= 0.3 is 0 Å². The van der Waals surface area contributed by atoms with E-state index in [1.807, 2.05) is 0 Å². The monoisotopic (exact) mass is 358 g/mol. The highest BCUT2D eigenvalue weighted by atomic mass is 35.5. The summed E-state index contributed by atoms with van der Waals surface area (Å²) in [5.41, 5.74) is 0.0853. The van der Waals surface area contributed by atoms with E-state index in [0.717, 1.165) is 52.2 Å². The Balaban J connectivity index is 1.55. The van der Waals surface area contributed by atoms with Crippen molar-refractivity contribution in [2.75, 3.05) is 39.4 Å². The first-order valence-electron chi connectivity index (χ1n) is 8.73. The summed E-state index contributed by atoms with van der Waals surface area (Å²) in [4.78, 5) is 4.63. The molecule has 0 N–H and O–H groups in total. The molecule has 24 heavy (non-hydrogen) atoms. The van der Waals surface area contributed by atoms with Gasteiger partial charge in [0.2, 0.25) is 0 Å². The predicted molar refractivity (Wildman–Crippen MR) is 91.2 cm³/mol. The molecule has 6 heteroatoms. The lowest BCUT2D eigenvalue weighted by Crippen LogP contribution is -2.48. The number of morpholine rings is 1. The molecule has 0 aliphatic carbocycles. The topological polar surface area (TPSA) is 15.7 Å². The minimum Gasteiger partial charge on any atom is -0.379 e. The van der Waals surface area contributed by atoms with Crippen LogP contribution in [0.25, 0.3) is 0 Å². The molecule has 2 fully saturated rings. The van der Waals surface area contributed by atoms with Crippen molar-refractivity contribution < 1.29 is 13.5 Å². The Kier molecular flexibility index (Phi) is 6.08. The average Bonchev–Trinajstić information content (AvgIpc) is 2.63. The zero-order chi connectivity index (χ0) is 17.1. The molecule has 2 saturated heterocycles. The van der Waals surface area contributed by atoms with Crippen LogP contribution >= 0.6 is 11.6 Å². The molecule has 0 aromatic heterocycles. The van der Waals surface area contributed by atoms with Crippen LogP contribution < -0.4 is 0 Å². The molecule has 2 aliphatic rings. The van der Waals surface area contributed by atoms with Crippen LogP contribution in [0.15, 0.2) is 12.1 Å². The number of ether oxygens (including phenoxy) is 1. The fourth-order valence-corrected chi connectivity index (χ4v) is 3.99. The Labute approximate surface area is 147 Å². The average molecular weight is 359 g/mol. The smallest absolute Gasteiger partial charge is 0.149 e. The lowest BCUT2D eigenvalue weighted by molar-refractivity contribution is -0.00201. The Morgan fingerprint density at radius 1 is 1.17 bits per heavy atom. The number of benzene rings is 1. The summed E-state index contributed by atoms with van der Waals surface area (Å²) in [7, 11) is 0. The second-order valence-corrected chi connectivity index (χ2v) is 7.23. The fraction of sp³-hybridized carbons (Fsp3) is 0.667. The molecule has 0 amide bonds. The Bertz CT molecular complexity index is 558. The molecule has 2 aliphatic heterocycles. The maximum Gasteiger partial charge on any atom is 0.149 e. The van der Waals surface area contributed by atoms with Gasteiger partial charge in [-0.1, -0.05) is 11.6 Å². The molecule has 1 atom stereocenters. The van der Waals surface area contributed by atoms with Crippen LogP contribution in [0.4, 0.5) is 8.78 Å². The molecule has 134 valence electrons. The first kappa shape index (κ1) is 18.1. The van der Waals surface area contributed by atoms with Gasteiger partial charge in [-0.3, -0.25) is 9.80 Å². The largest absolute Gasteiger partial charge is 0.379 e. The van der Waals surface area contributed by atoms with Gasteiger partial charge in [0.15, 0.2) is 0 Å². The minimum absolute atomic E-state index is 0.0118. The number of nitrogens with zero attached hydrogens (tertiary/aromatic N) is 2. The summed E-state index contributed by atoms with van der Waals surface area (Å²) < 4.78 is 33.4. The molecule has 0 spiro atoms. The number of piperidine rings is 1. The normalized spacial score (nSPS) is 22.7. The lowest BCUT2D eigenvalue weighted by atomic mass is 9.89. The molecule has 0 unspecified atom stereocenters. The summed E-state index contributed by atoms with van der Waals surface area (Å²) in [6.07, 6.45) is 2.12. The van der Waals surface area contributed by atoms with Crippen LogP contribution in [-0.4, -0.2) is 55.2 Å². The van der Waals surface area contributed by atoms with Crippen LogP contribution in [0.3, 0.4) is 0 Å². The van der Waals surface area contributed by atoms with Crippen LogP contribution in [-0.2, 0) is 11.3 Å². The Morgan fingerprint density at radius 2 is 1.83 bits per heavy atom. The SMILES string of the molecule is C[C@@H](C1CCN(Cc2c(F)ccc(Cl)c2F)CC1)N1CCOCC1. The third-order valence-corrected chi connectivity index (χ3v) is 5.75. The molecule has 3 rings (SSSR count). The fourth-order valence-electron chi connectivity index (χ4n) is 3.81. The standard InChI is InChI=1S/C18H25ClF2N2O/c1-13(23-8-10-24-11-9-23)14-4-6-22(7-5-14)12-15-17(20)3-2-16(19)18(15)21/h2-3,13-14H,4-12H2,1H3/t13-/m0/s1. The number of hydrogen-bond acceptors (Lipinski definition) is 3. The third kappa shape index (κ3) is 4.07. The summed E-state index contributed by atoms with van der Waals surface area (Å²) in [6.45, 7) is 7.95. The molecule has 0 bridgehead atoms. The molecule has 0 saturated carbocycles. The van der Waals surface area contributed by atoms with Gasteiger partial charge in [0.25, 0.3) is 0 Å². The van der Waals surface area contributed by atoms with Crippen molar-refractivity contribution in [2.24, 2.45) is 5.92 Å². The molecule has 3 nitrogen and oxygen atoms in total. The van der Waals surface area contributed by atoms with E-state index in [1.54, 1.807) is 0 Å². The molecular formula is C18H25ClF2N2O. The van der Waals surface area contributed by atoms with Gasteiger partial charge in [-0.2, -0.15) is 0 Å². The third-order valence-electron chi connectivity index (χ3n) is 5.46. The van der Waals surface area contributed by atoms with Crippen molar-refractivity contribution in [1.29, 1.82) is 0 Å². The van der Waals surface area contributed by atoms with E-state index in [1.165, 1.54) is 12.1 Å². The van der Waals surface area contributed by atoms with Crippen molar-refractivity contribution >= 4 is 11.6 Å². The number of likely N-dealkylation sites (tertiary alicyclic amines) is 1. The first-order valence-corrected chi connectivity index (χ1v) is 9.10. The van der Waals surface area contributed by atoms with E-state index in [-0.39, 0.29) is 17.1 Å². The number of hydrogen-bond donors (Lipinski definition) is 0. The number of rotatable bonds is 4. The second-order valence-electron chi connectivity index (χ2n) is 6.82. The zero-order valence-electron chi connectivity index (χ0n) is 14.1. The highest BCUT2D eigenvalue weighted by Crippen LogP contribution is 2.27. The molecular weight excluding hydrogens is 334 g/mol. The highest BCUT2D eigenvalue weighted by Gasteiger charge is 2.29. The van der Waals surface area contributed by atoms with Crippen molar-refractivity contribution in [3.05, 3.63) is 34.4 Å². The van der Waals surface area contributed by atoms with Crippen molar-refractivity contribution in [1.82, 2.24) is 9.80 Å². The molecule has 0 radical (unpaired) electrons. The van der Waals surface area contributed by atoms with E-state index in [0.29, 0.717) is 12.0 Å². The predicted octanol–water partition coefficient (Wildman–Crippen LogP) is 3.55. The van der Waals surface area contributed by atoms with Crippen molar-refractivity contribution in [2.45, 2.75) is 32.4 Å². The van der Waals surface area contributed by atoms with Gasteiger partial charge in [0.05, 0.1) is 18.2 Å². The summed E-state index contributed by atoms with van der Waals surface area (Å²) in [6, 6.07) is 3.05. The maximum atomic E-state index is 14.0. The highest BCUT2D eigenvalue weighted by molar-refractivity contribution is 6.30. The van der Waals surface area contributed by atoms with Crippen LogP contribution in [0.2, 0.25) is 5.02 Å². The zero-order valence-corrected chi connectivity index (χ0v) is 14.9. The van der Waals surface area contributed by atoms with E-state index < -0.39 is 11.6 Å². The Morgan fingerprint density at radius 3 is 2.50 bits per heavy atom. The summed E-state index contributed by atoms with van der Waals surface area (Å²) in [5.74, 6) is -0.505. The van der Waals surface area contributed by atoms with Gasteiger partial charge < -0.3 is 4.74 Å². The Hall–Kier alpha value is -0.750. The summed E-state index contributed by atoms with van der Waals surface area (Å²) in [5, 5.41) is -0.0118. The first-order chi connectivity index (χ1) is 11.6. The molecule has 1 aromatic rings. The van der Waals surface area contributed by atoms with Gasteiger partial charge in [0, 0.05) is 31.2 Å². The van der Waals surface area contributed by atoms with E-state index >= 15 is 0 Å². The van der Waals surface area contributed by atoms with Gasteiger partial charge in [-0.05, 0) is 50.9 Å².